The number of hydrogen-bond donors (Lipinski definition) is 2. The predicted molar refractivity (Wildman–Crippen MR) is 141 cm³/mol. The number of para-hydroxylation sites is 2. The van der Waals surface area contributed by atoms with E-state index >= 15 is 0 Å². The molecule has 2 atom stereocenters. The first-order valence-electron chi connectivity index (χ1n) is 12.2. The fourth-order valence-corrected chi connectivity index (χ4v) is 3.59. The molecule has 1 aliphatic rings. The van der Waals surface area contributed by atoms with Gasteiger partial charge in [-0.15, -0.1) is 0 Å². The van der Waals surface area contributed by atoms with Crippen LogP contribution in [0.2, 0.25) is 0 Å². The minimum Gasteiger partial charge on any atom is -0.507 e. The molecule has 2 unspecified atom stereocenters. The molecule has 2 aromatic carbocycles. The second kappa shape index (κ2) is 17.0. The molecule has 178 valence electrons. The molecule has 0 aromatic heterocycles. The summed E-state index contributed by atoms with van der Waals surface area (Å²) in [4.78, 5) is 9.81. The maximum Gasteiger partial charge on any atom is 0.124 e. The van der Waals surface area contributed by atoms with Crippen molar-refractivity contribution in [3.63, 3.8) is 0 Å². The van der Waals surface area contributed by atoms with Gasteiger partial charge in [0, 0.05) is 22.6 Å². The number of hydrogen-bond acceptors (Lipinski definition) is 4. The quantitative estimate of drug-likeness (QED) is 0.476. The molecule has 0 radical (unpaired) electrons. The average molecular weight is 441 g/mol. The van der Waals surface area contributed by atoms with Crippen molar-refractivity contribution >= 4 is 11.4 Å². The van der Waals surface area contributed by atoms with Crippen molar-refractivity contribution in [2.24, 2.45) is 9.98 Å². The SMILES string of the molecule is CC.CC.CC.CC(=NC1CCCCC1N=C(C)c1ccccc1O)c1ccccc1O. The Morgan fingerprint density at radius 3 is 1.25 bits per heavy atom. The van der Waals surface area contributed by atoms with Gasteiger partial charge >= 0.3 is 0 Å². The van der Waals surface area contributed by atoms with Crippen LogP contribution in [0.15, 0.2) is 58.5 Å². The van der Waals surface area contributed by atoms with E-state index in [1.807, 2.05) is 91.8 Å². The van der Waals surface area contributed by atoms with Gasteiger partial charge in [0.25, 0.3) is 0 Å². The van der Waals surface area contributed by atoms with Gasteiger partial charge in [0.05, 0.1) is 12.1 Å². The number of rotatable bonds is 4. The minimum atomic E-state index is 0.101. The molecule has 2 N–H and O–H groups in total. The average Bonchev–Trinajstić information content (AvgIpc) is 2.84. The minimum absolute atomic E-state index is 0.101. The van der Waals surface area contributed by atoms with Crippen LogP contribution in [-0.2, 0) is 0 Å². The number of benzene rings is 2. The zero-order valence-corrected chi connectivity index (χ0v) is 21.4. The number of phenols is 2. The van der Waals surface area contributed by atoms with Crippen LogP contribution in [0.25, 0.3) is 0 Å². The lowest BCUT2D eigenvalue weighted by atomic mass is 9.90. The first kappa shape index (κ1) is 29.4. The monoisotopic (exact) mass is 440 g/mol. The summed E-state index contributed by atoms with van der Waals surface area (Å²) >= 11 is 0. The molecule has 3 rings (SSSR count). The first-order valence-corrected chi connectivity index (χ1v) is 12.2. The molecule has 1 fully saturated rings. The Morgan fingerprint density at radius 2 is 0.938 bits per heavy atom. The van der Waals surface area contributed by atoms with Gasteiger partial charge in [-0.1, -0.05) is 78.6 Å². The van der Waals surface area contributed by atoms with Crippen LogP contribution in [0.5, 0.6) is 11.5 Å². The largest absolute Gasteiger partial charge is 0.507 e. The summed E-state index contributed by atoms with van der Waals surface area (Å²) in [5, 5.41) is 20.1. The number of nitrogens with zero attached hydrogens (tertiary/aromatic N) is 2. The molecule has 32 heavy (non-hydrogen) atoms. The van der Waals surface area contributed by atoms with Crippen molar-refractivity contribution in [2.75, 3.05) is 0 Å². The van der Waals surface area contributed by atoms with Crippen LogP contribution >= 0.6 is 0 Å². The zero-order valence-electron chi connectivity index (χ0n) is 21.4. The van der Waals surface area contributed by atoms with Gasteiger partial charge in [-0.25, -0.2) is 0 Å². The molecule has 4 heteroatoms. The fourth-order valence-electron chi connectivity index (χ4n) is 3.59. The van der Waals surface area contributed by atoms with Gasteiger partial charge in [-0.05, 0) is 51.0 Å². The molecule has 1 saturated carbocycles. The van der Waals surface area contributed by atoms with Crippen molar-refractivity contribution in [2.45, 2.75) is 93.2 Å². The van der Waals surface area contributed by atoms with E-state index < -0.39 is 0 Å². The molecule has 2 aromatic rings. The summed E-state index contributed by atoms with van der Waals surface area (Å²) in [7, 11) is 0. The van der Waals surface area contributed by atoms with Gasteiger partial charge in [-0.3, -0.25) is 9.98 Å². The lowest BCUT2D eigenvalue weighted by Crippen LogP contribution is -2.29. The highest BCUT2D eigenvalue weighted by molar-refractivity contribution is 6.02. The summed E-state index contributed by atoms with van der Waals surface area (Å²) in [6, 6.07) is 14.8. The third-order valence-corrected chi connectivity index (χ3v) is 5.00. The number of phenolic OH excluding ortho intramolecular Hbond substituents is 2. The number of aliphatic imine (C=N–C) groups is 2. The third-order valence-electron chi connectivity index (χ3n) is 5.00. The van der Waals surface area contributed by atoms with Crippen molar-refractivity contribution in [1.29, 1.82) is 0 Å². The second-order valence-corrected chi connectivity index (χ2v) is 6.88. The van der Waals surface area contributed by atoms with Gasteiger partial charge < -0.3 is 10.2 Å². The molecule has 0 saturated heterocycles. The van der Waals surface area contributed by atoms with E-state index in [1.54, 1.807) is 12.1 Å². The van der Waals surface area contributed by atoms with E-state index in [4.69, 9.17) is 9.98 Å². The standard InChI is InChI=1S/C22H26N2O2.3C2H6/c1-15(17-9-3-7-13-21(17)25)23-19-11-5-6-12-20(19)24-16(2)18-10-4-8-14-22(18)26;3*1-2/h3-4,7-10,13-14,19-20,25-26H,5-6,11-12H2,1-2H3;3*1-2H3. The Balaban J connectivity index is 0.00000148. The van der Waals surface area contributed by atoms with Gasteiger partial charge in [0.15, 0.2) is 0 Å². The summed E-state index contributed by atoms with van der Waals surface area (Å²) in [5.74, 6) is 0.519. The summed E-state index contributed by atoms with van der Waals surface area (Å²) in [5.41, 5.74) is 3.24. The Kier molecular flexibility index (Phi) is 15.6. The molecule has 1 aliphatic carbocycles. The topological polar surface area (TPSA) is 65.2 Å². The third kappa shape index (κ3) is 8.86. The molecule has 0 bridgehead atoms. The molecular formula is C28H44N2O2. The Labute approximate surface area is 196 Å². The summed E-state index contributed by atoms with van der Waals surface area (Å²) in [6.45, 7) is 15.9. The fraction of sp³-hybridized carbons (Fsp3) is 0.500. The maximum absolute atomic E-state index is 10.1. The van der Waals surface area contributed by atoms with Crippen molar-refractivity contribution in [3.05, 3.63) is 59.7 Å². The summed E-state index contributed by atoms with van der Waals surface area (Å²) < 4.78 is 0. The smallest absolute Gasteiger partial charge is 0.124 e. The molecule has 0 amide bonds. The van der Waals surface area contributed by atoms with E-state index in [2.05, 4.69) is 0 Å². The van der Waals surface area contributed by atoms with E-state index in [0.717, 1.165) is 48.2 Å². The van der Waals surface area contributed by atoms with Crippen molar-refractivity contribution in [1.82, 2.24) is 0 Å². The lowest BCUT2D eigenvalue weighted by Gasteiger charge is -2.27. The van der Waals surface area contributed by atoms with Crippen LogP contribution < -0.4 is 0 Å². The van der Waals surface area contributed by atoms with Gasteiger partial charge in [0.1, 0.15) is 11.5 Å². The molecular weight excluding hydrogens is 396 g/mol. The van der Waals surface area contributed by atoms with E-state index in [9.17, 15) is 10.2 Å². The molecule has 0 spiro atoms. The normalized spacial score (nSPS) is 18.1. The molecule has 0 heterocycles. The summed E-state index contributed by atoms with van der Waals surface area (Å²) in [6.07, 6.45) is 4.27. The Hall–Kier alpha value is -2.62. The van der Waals surface area contributed by atoms with Crippen LogP contribution in [0.3, 0.4) is 0 Å². The van der Waals surface area contributed by atoms with E-state index in [-0.39, 0.29) is 23.6 Å². The zero-order chi connectivity index (χ0) is 24.5. The van der Waals surface area contributed by atoms with E-state index in [1.165, 1.54) is 0 Å². The number of aromatic hydroxyl groups is 2. The van der Waals surface area contributed by atoms with Crippen LogP contribution in [0.4, 0.5) is 0 Å². The highest BCUT2D eigenvalue weighted by Crippen LogP contribution is 2.27. The molecule has 0 aliphatic heterocycles. The lowest BCUT2D eigenvalue weighted by molar-refractivity contribution is 0.388. The highest BCUT2D eigenvalue weighted by Gasteiger charge is 2.25. The van der Waals surface area contributed by atoms with Crippen LogP contribution in [-0.4, -0.2) is 33.7 Å². The van der Waals surface area contributed by atoms with Crippen molar-refractivity contribution in [3.8, 4) is 11.5 Å². The Bertz CT molecular complexity index is 758. The van der Waals surface area contributed by atoms with Crippen molar-refractivity contribution < 1.29 is 10.2 Å². The predicted octanol–water partition coefficient (Wildman–Crippen LogP) is 7.81. The van der Waals surface area contributed by atoms with Gasteiger partial charge in [0.2, 0.25) is 0 Å². The van der Waals surface area contributed by atoms with Crippen LogP contribution in [0, 0.1) is 0 Å². The van der Waals surface area contributed by atoms with E-state index in [0.29, 0.717) is 0 Å². The Morgan fingerprint density at radius 1 is 0.625 bits per heavy atom. The maximum atomic E-state index is 10.1. The van der Waals surface area contributed by atoms with Crippen LogP contribution in [0.1, 0.15) is 92.2 Å². The first-order chi connectivity index (χ1) is 15.6. The molecule has 4 nitrogen and oxygen atoms in total. The van der Waals surface area contributed by atoms with Gasteiger partial charge in [-0.2, -0.15) is 0 Å². The highest BCUT2D eigenvalue weighted by atomic mass is 16.3. The second-order valence-electron chi connectivity index (χ2n) is 6.88.